The summed E-state index contributed by atoms with van der Waals surface area (Å²) < 4.78 is 2.93. The number of amides is 1. The Labute approximate surface area is 156 Å². The van der Waals surface area contributed by atoms with E-state index in [1.165, 1.54) is 38.5 Å². The number of carbonyl (C=O) groups excluding carboxylic acids is 1. The average Bonchev–Trinajstić information content (AvgIpc) is 3.00. The third kappa shape index (κ3) is 3.24. The smallest absolute Gasteiger partial charge is 0.253 e. The van der Waals surface area contributed by atoms with Crippen molar-refractivity contribution in [3.05, 3.63) is 34.4 Å². The fourth-order valence-corrected chi connectivity index (χ4v) is 5.05. The number of aliphatic hydroxyl groups is 1. The van der Waals surface area contributed by atoms with Crippen molar-refractivity contribution in [1.82, 2.24) is 9.88 Å². The minimum absolute atomic E-state index is 0.00563. The standard InChI is InChI=1S/C20H25BrN2O2/c21-15-1-2-16-17(12-23(9-10-24)18(16)11-15)19(25)22-13-20-6-3-14(4-7-20)5-8-20/h1-2,11-12,14,24H,3-10,13H2,(H,22,25). The topological polar surface area (TPSA) is 54.3 Å². The number of hydrogen-bond donors (Lipinski definition) is 2. The first-order valence-corrected chi connectivity index (χ1v) is 10.1. The fourth-order valence-electron chi connectivity index (χ4n) is 4.71. The SMILES string of the molecule is O=C(NCC12CCC(CC1)CC2)c1cn(CCO)c2cc(Br)ccc12. The molecule has 3 aliphatic rings. The molecule has 1 amide bonds. The summed E-state index contributed by atoms with van der Waals surface area (Å²) in [5.41, 5.74) is 2.01. The van der Waals surface area contributed by atoms with Crippen LogP contribution in [0.4, 0.5) is 0 Å². The van der Waals surface area contributed by atoms with Crippen LogP contribution >= 0.6 is 15.9 Å². The molecule has 0 saturated heterocycles. The number of halogens is 1. The maximum Gasteiger partial charge on any atom is 0.253 e. The molecule has 5 rings (SSSR count). The number of hydrogen-bond acceptors (Lipinski definition) is 2. The quantitative estimate of drug-likeness (QED) is 0.787. The van der Waals surface area contributed by atoms with Crippen molar-refractivity contribution in [2.24, 2.45) is 11.3 Å². The van der Waals surface area contributed by atoms with Crippen LogP contribution in [0.1, 0.15) is 48.9 Å². The Bertz CT molecular complexity index is 777. The summed E-state index contributed by atoms with van der Waals surface area (Å²) in [6.45, 7) is 1.34. The normalized spacial score (nSPS) is 25.4. The first-order chi connectivity index (χ1) is 12.1. The summed E-state index contributed by atoms with van der Waals surface area (Å²) in [6, 6.07) is 5.94. The van der Waals surface area contributed by atoms with Gasteiger partial charge in [-0.2, -0.15) is 0 Å². The van der Waals surface area contributed by atoms with Gasteiger partial charge in [-0.05, 0) is 62.0 Å². The second-order valence-electron chi connectivity index (χ2n) is 7.79. The van der Waals surface area contributed by atoms with E-state index in [0.717, 1.165) is 27.8 Å². The summed E-state index contributed by atoms with van der Waals surface area (Å²) in [6.07, 6.45) is 9.66. The molecular formula is C20H25BrN2O2. The number of benzene rings is 1. The molecule has 1 aromatic carbocycles. The van der Waals surface area contributed by atoms with Crippen LogP contribution in [0.15, 0.2) is 28.9 Å². The van der Waals surface area contributed by atoms with Crippen LogP contribution in [0.25, 0.3) is 10.9 Å². The van der Waals surface area contributed by atoms with Crippen molar-refractivity contribution in [2.75, 3.05) is 13.2 Å². The Hall–Kier alpha value is -1.33. The first-order valence-electron chi connectivity index (χ1n) is 9.28. The number of fused-ring (bicyclic) bond motifs is 4. The zero-order valence-electron chi connectivity index (χ0n) is 14.4. The molecule has 2 aromatic rings. The number of carbonyl (C=O) groups is 1. The minimum Gasteiger partial charge on any atom is -0.395 e. The van der Waals surface area contributed by atoms with Gasteiger partial charge in [0.2, 0.25) is 0 Å². The van der Waals surface area contributed by atoms with Crippen LogP contribution < -0.4 is 5.32 Å². The van der Waals surface area contributed by atoms with E-state index >= 15 is 0 Å². The van der Waals surface area contributed by atoms with Gasteiger partial charge in [-0.1, -0.05) is 22.0 Å². The van der Waals surface area contributed by atoms with Crippen molar-refractivity contribution >= 4 is 32.7 Å². The molecule has 3 fully saturated rings. The van der Waals surface area contributed by atoms with Gasteiger partial charge < -0.3 is 15.0 Å². The molecule has 0 spiro atoms. The van der Waals surface area contributed by atoms with E-state index in [0.29, 0.717) is 17.5 Å². The lowest BCUT2D eigenvalue weighted by atomic mass is 9.61. The third-order valence-corrected chi connectivity index (χ3v) is 6.80. The fraction of sp³-hybridized carbons (Fsp3) is 0.550. The molecular weight excluding hydrogens is 380 g/mol. The molecule has 0 radical (unpaired) electrons. The number of aliphatic hydroxyl groups excluding tert-OH is 1. The molecule has 0 atom stereocenters. The van der Waals surface area contributed by atoms with Gasteiger partial charge in [-0.15, -0.1) is 0 Å². The van der Waals surface area contributed by atoms with Gasteiger partial charge in [0.05, 0.1) is 17.7 Å². The zero-order valence-corrected chi connectivity index (χ0v) is 16.0. The van der Waals surface area contributed by atoms with E-state index in [4.69, 9.17) is 0 Å². The van der Waals surface area contributed by atoms with Crippen molar-refractivity contribution in [3.8, 4) is 0 Å². The molecule has 1 aromatic heterocycles. The highest BCUT2D eigenvalue weighted by molar-refractivity contribution is 9.10. The second-order valence-corrected chi connectivity index (χ2v) is 8.70. The maximum atomic E-state index is 12.9. The number of nitrogens with zero attached hydrogens (tertiary/aromatic N) is 1. The van der Waals surface area contributed by atoms with E-state index < -0.39 is 0 Å². The van der Waals surface area contributed by atoms with Crippen LogP contribution in [-0.2, 0) is 6.54 Å². The minimum atomic E-state index is 0.00563. The van der Waals surface area contributed by atoms with Crippen molar-refractivity contribution < 1.29 is 9.90 Å². The predicted octanol–water partition coefficient (Wildman–Crippen LogP) is 4.10. The Morgan fingerprint density at radius 2 is 2.00 bits per heavy atom. The van der Waals surface area contributed by atoms with Gasteiger partial charge in [0.15, 0.2) is 0 Å². The zero-order chi connectivity index (χ0) is 17.4. The molecule has 134 valence electrons. The van der Waals surface area contributed by atoms with E-state index in [1.807, 2.05) is 29.0 Å². The molecule has 0 unspecified atom stereocenters. The first kappa shape index (κ1) is 17.1. The van der Waals surface area contributed by atoms with Gasteiger partial charge in [0, 0.05) is 29.1 Å². The summed E-state index contributed by atoms with van der Waals surface area (Å²) in [5.74, 6) is 0.943. The average molecular weight is 405 g/mol. The van der Waals surface area contributed by atoms with Crippen LogP contribution in [0, 0.1) is 11.3 Å². The summed E-state index contributed by atoms with van der Waals surface area (Å²) in [4.78, 5) is 12.9. The van der Waals surface area contributed by atoms with Crippen LogP contribution in [0.2, 0.25) is 0 Å². The molecule has 5 heteroatoms. The van der Waals surface area contributed by atoms with Gasteiger partial charge in [0.25, 0.3) is 5.91 Å². The Balaban J connectivity index is 1.55. The third-order valence-electron chi connectivity index (χ3n) is 6.30. The molecule has 3 aliphatic carbocycles. The molecule has 2 N–H and O–H groups in total. The molecule has 2 bridgehead atoms. The van der Waals surface area contributed by atoms with Crippen molar-refractivity contribution in [3.63, 3.8) is 0 Å². The van der Waals surface area contributed by atoms with E-state index in [9.17, 15) is 9.90 Å². The Kier molecular flexibility index (Phi) is 4.63. The highest BCUT2D eigenvalue weighted by Crippen LogP contribution is 2.49. The molecule has 25 heavy (non-hydrogen) atoms. The van der Waals surface area contributed by atoms with Crippen LogP contribution in [0.3, 0.4) is 0 Å². The van der Waals surface area contributed by atoms with Gasteiger partial charge in [-0.25, -0.2) is 0 Å². The van der Waals surface area contributed by atoms with E-state index in [2.05, 4.69) is 21.2 Å². The Morgan fingerprint density at radius 3 is 2.68 bits per heavy atom. The largest absolute Gasteiger partial charge is 0.395 e. The number of aromatic nitrogens is 1. The molecule has 4 nitrogen and oxygen atoms in total. The van der Waals surface area contributed by atoms with Crippen LogP contribution in [0.5, 0.6) is 0 Å². The highest BCUT2D eigenvalue weighted by atomic mass is 79.9. The van der Waals surface area contributed by atoms with Gasteiger partial charge >= 0.3 is 0 Å². The van der Waals surface area contributed by atoms with E-state index in [1.54, 1.807) is 0 Å². The molecule has 3 saturated carbocycles. The lowest BCUT2D eigenvalue weighted by molar-refractivity contribution is 0.0598. The highest BCUT2D eigenvalue weighted by Gasteiger charge is 2.40. The van der Waals surface area contributed by atoms with E-state index in [-0.39, 0.29) is 12.5 Å². The maximum absolute atomic E-state index is 12.9. The molecule has 0 aliphatic heterocycles. The number of rotatable bonds is 5. The van der Waals surface area contributed by atoms with Gasteiger partial charge in [0.1, 0.15) is 0 Å². The summed E-state index contributed by atoms with van der Waals surface area (Å²) in [5, 5.41) is 13.5. The monoisotopic (exact) mass is 404 g/mol. The molecule has 1 heterocycles. The summed E-state index contributed by atoms with van der Waals surface area (Å²) >= 11 is 3.49. The number of nitrogens with one attached hydrogen (secondary N) is 1. The Morgan fingerprint density at radius 1 is 1.28 bits per heavy atom. The lowest BCUT2D eigenvalue weighted by Crippen LogP contribution is -2.43. The van der Waals surface area contributed by atoms with Crippen molar-refractivity contribution in [2.45, 2.75) is 45.1 Å². The van der Waals surface area contributed by atoms with Crippen LogP contribution in [-0.4, -0.2) is 28.7 Å². The van der Waals surface area contributed by atoms with Gasteiger partial charge in [-0.3, -0.25) is 4.79 Å². The predicted molar refractivity (Wildman–Crippen MR) is 103 cm³/mol. The summed E-state index contributed by atoms with van der Waals surface area (Å²) in [7, 11) is 0. The second kappa shape index (κ2) is 6.76. The lowest BCUT2D eigenvalue weighted by Gasteiger charge is -2.46. The van der Waals surface area contributed by atoms with Crippen molar-refractivity contribution in [1.29, 1.82) is 0 Å².